The zero-order chi connectivity index (χ0) is 15.1. The molecule has 0 saturated heterocycles. The lowest BCUT2D eigenvalue weighted by molar-refractivity contribution is -0.120. The number of unbranched alkanes of at least 4 members (excludes halogenated alkanes) is 3. The largest absolute Gasteiger partial charge is 0.389 e. The van der Waals surface area contributed by atoms with Crippen LogP contribution in [0.1, 0.15) is 32.6 Å². The first kappa shape index (κ1) is 19.3. The van der Waals surface area contributed by atoms with Crippen LogP contribution >= 0.6 is 0 Å². The van der Waals surface area contributed by atoms with Gasteiger partial charge in [0.05, 0.1) is 25.9 Å². The van der Waals surface area contributed by atoms with Crippen LogP contribution in [0.4, 0.5) is 0 Å². The van der Waals surface area contributed by atoms with Gasteiger partial charge in [-0.15, -0.1) is 0 Å². The highest BCUT2D eigenvalue weighted by molar-refractivity contribution is 5.77. The number of ether oxygens (including phenoxy) is 2. The quantitative estimate of drug-likeness (QED) is 0.401. The molecule has 0 aliphatic rings. The molecule has 20 heavy (non-hydrogen) atoms. The molecule has 0 fully saturated rings. The lowest BCUT2D eigenvalue weighted by Gasteiger charge is -2.12. The van der Waals surface area contributed by atoms with Crippen molar-refractivity contribution in [2.45, 2.75) is 38.7 Å². The topological polar surface area (TPSA) is 79.8 Å². The number of aliphatic hydroxyl groups is 1. The molecule has 3 N–H and O–H groups in total. The number of carbonyl (C=O) groups is 1. The molecule has 0 aliphatic heterocycles. The molecule has 6 nitrogen and oxygen atoms in total. The molecule has 0 bridgehead atoms. The van der Waals surface area contributed by atoms with Crippen molar-refractivity contribution in [2.24, 2.45) is 0 Å². The summed E-state index contributed by atoms with van der Waals surface area (Å²) in [7, 11) is 1.59. The molecule has 120 valence electrons. The van der Waals surface area contributed by atoms with Gasteiger partial charge < -0.3 is 25.2 Å². The zero-order valence-electron chi connectivity index (χ0n) is 12.8. The van der Waals surface area contributed by atoms with Gasteiger partial charge in [-0.2, -0.15) is 0 Å². The fraction of sp³-hybridized carbons (Fsp3) is 0.929. The number of aliphatic hydroxyl groups excluding tert-OH is 1. The number of methoxy groups -OCH3 is 1. The molecule has 0 radical (unpaired) electrons. The average molecular weight is 290 g/mol. The van der Waals surface area contributed by atoms with E-state index >= 15 is 0 Å². The van der Waals surface area contributed by atoms with Crippen molar-refractivity contribution in [2.75, 3.05) is 46.6 Å². The van der Waals surface area contributed by atoms with Crippen LogP contribution in [0.3, 0.4) is 0 Å². The second-order valence-corrected chi connectivity index (χ2v) is 4.76. The van der Waals surface area contributed by atoms with Gasteiger partial charge in [-0.3, -0.25) is 4.79 Å². The molecule has 0 rings (SSSR count). The summed E-state index contributed by atoms with van der Waals surface area (Å²) in [5.74, 6) is -0.102. The van der Waals surface area contributed by atoms with E-state index in [0.29, 0.717) is 32.9 Å². The molecule has 0 saturated carbocycles. The van der Waals surface area contributed by atoms with Crippen molar-refractivity contribution in [1.29, 1.82) is 0 Å². The Bertz CT molecular complexity index is 227. The average Bonchev–Trinajstić information content (AvgIpc) is 2.43. The summed E-state index contributed by atoms with van der Waals surface area (Å²) in [6.45, 7) is 4.71. The Morgan fingerprint density at radius 1 is 1.25 bits per heavy atom. The summed E-state index contributed by atoms with van der Waals surface area (Å²) in [4.78, 5) is 11.3. The third kappa shape index (κ3) is 13.7. The lowest BCUT2D eigenvalue weighted by atomic mass is 10.2. The van der Waals surface area contributed by atoms with Gasteiger partial charge >= 0.3 is 0 Å². The van der Waals surface area contributed by atoms with Gasteiger partial charge in [0, 0.05) is 26.8 Å². The van der Waals surface area contributed by atoms with Crippen LogP contribution in [0.25, 0.3) is 0 Å². The van der Waals surface area contributed by atoms with Crippen molar-refractivity contribution in [1.82, 2.24) is 10.6 Å². The Morgan fingerprint density at radius 3 is 2.75 bits per heavy atom. The third-order valence-corrected chi connectivity index (χ3v) is 2.75. The van der Waals surface area contributed by atoms with Gasteiger partial charge in [-0.25, -0.2) is 0 Å². The SMILES string of the molecule is CCCCCCOCC(O)CNCC(=O)NCCOC. The predicted molar refractivity (Wildman–Crippen MR) is 78.7 cm³/mol. The summed E-state index contributed by atoms with van der Waals surface area (Å²) < 4.78 is 10.2. The first-order chi connectivity index (χ1) is 9.70. The molecular formula is C14H30N2O4. The van der Waals surface area contributed by atoms with E-state index in [2.05, 4.69) is 17.6 Å². The third-order valence-electron chi connectivity index (χ3n) is 2.75. The Morgan fingerprint density at radius 2 is 2.05 bits per heavy atom. The molecule has 0 aromatic heterocycles. The van der Waals surface area contributed by atoms with Gasteiger partial charge in [-0.1, -0.05) is 26.2 Å². The molecule has 1 unspecified atom stereocenters. The highest BCUT2D eigenvalue weighted by Gasteiger charge is 2.05. The number of hydrogen-bond donors (Lipinski definition) is 3. The normalized spacial score (nSPS) is 12.3. The maximum absolute atomic E-state index is 11.3. The summed E-state index contributed by atoms with van der Waals surface area (Å²) in [5, 5.41) is 15.2. The summed E-state index contributed by atoms with van der Waals surface area (Å²) in [6.07, 6.45) is 4.07. The van der Waals surface area contributed by atoms with Crippen LogP contribution in [0.2, 0.25) is 0 Å². The van der Waals surface area contributed by atoms with Crippen LogP contribution in [-0.2, 0) is 14.3 Å². The lowest BCUT2D eigenvalue weighted by Crippen LogP contribution is -2.39. The van der Waals surface area contributed by atoms with E-state index in [1.807, 2.05) is 0 Å². The summed E-state index contributed by atoms with van der Waals surface area (Å²) >= 11 is 0. The van der Waals surface area contributed by atoms with E-state index in [4.69, 9.17) is 9.47 Å². The smallest absolute Gasteiger partial charge is 0.234 e. The number of amides is 1. The van der Waals surface area contributed by atoms with Gasteiger partial charge in [0.1, 0.15) is 0 Å². The van der Waals surface area contributed by atoms with E-state index in [1.165, 1.54) is 19.3 Å². The van der Waals surface area contributed by atoms with Gasteiger partial charge in [0.25, 0.3) is 0 Å². The summed E-state index contributed by atoms with van der Waals surface area (Å²) in [5.41, 5.74) is 0. The second-order valence-electron chi connectivity index (χ2n) is 4.76. The van der Waals surface area contributed by atoms with Crippen LogP contribution in [0, 0.1) is 0 Å². The number of rotatable bonds is 14. The van der Waals surface area contributed by atoms with Crippen LogP contribution in [0.15, 0.2) is 0 Å². The molecule has 0 aromatic rings. The van der Waals surface area contributed by atoms with Gasteiger partial charge in [0.15, 0.2) is 0 Å². The maximum atomic E-state index is 11.3. The standard InChI is InChI=1S/C14H30N2O4/c1-3-4-5-6-8-20-12-13(17)10-15-11-14(18)16-7-9-19-2/h13,15,17H,3-12H2,1-2H3,(H,16,18). The molecule has 1 atom stereocenters. The fourth-order valence-corrected chi connectivity index (χ4v) is 1.62. The monoisotopic (exact) mass is 290 g/mol. The van der Waals surface area contributed by atoms with E-state index in [-0.39, 0.29) is 12.5 Å². The molecular weight excluding hydrogens is 260 g/mol. The number of hydrogen-bond acceptors (Lipinski definition) is 5. The Hall–Kier alpha value is -0.690. The Kier molecular flexibility index (Phi) is 14.2. The molecule has 1 amide bonds. The first-order valence-electron chi connectivity index (χ1n) is 7.42. The fourth-order valence-electron chi connectivity index (χ4n) is 1.62. The van der Waals surface area contributed by atoms with E-state index in [9.17, 15) is 9.90 Å². The maximum Gasteiger partial charge on any atom is 0.234 e. The molecule has 6 heteroatoms. The molecule has 0 spiro atoms. The van der Waals surface area contributed by atoms with Crippen molar-refractivity contribution in [3.63, 3.8) is 0 Å². The molecule has 0 heterocycles. The van der Waals surface area contributed by atoms with Crippen molar-refractivity contribution in [3.05, 3.63) is 0 Å². The summed E-state index contributed by atoms with van der Waals surface area (Å²) in [6, 6.07) is 0. The van der Waals surface area contributed by atoms with Crippen molar-refractivity contribution in [3.8, 4) is 0 Å². The Balaban J connectivity index is 3.31. The first-order valence-corrected chi connectivity index (χ1v) is 7.42. The van der Waals surface area contributed by atoms with E-state index < -0.39 is 6.10 Å². The van der Waals surface area contributed by atoms with Crippen LogP contribution < -0.4 is 10.6 Å². The minimum atomic E-state index is -0.576. The highest BCUT2D eigenvalue weighted by atomic mass is 16.5. The van der Waals surface area contributed by atoms with E-state index in [0.717, 1.165) is 6.42 Å². The van der Waals surface area contributed by atoms with Crippen molar-refractivity contribution < 1.29 is 19.4 Å². The Labute approximate surface area is 122 Å². The molecule has 0 aliphatic carbocycles. The minimum Gasteiger partial charge on any atom is -0.389 e. The minimum absolute atomic E-state index is 0.102. The molecule has 0 aromatic carbocycles. The zero-order valence-corrected chi connectivity index (χ0v) is 12.8. The van der Waals surface area contributed by atoms with Crippen LogP contribution in [-0.4, -0.2) is 63.7 Å². The van der Waals surface area contributed by atoms with E-state index in [1.54, 1.807) is 7.11 Å². The van der Waals surface area contributed by atoms with Crippen LogP contribution in [0.5, 0.6) is 0 Å². The number of carbonyl (C=O) groups excluding carboxylic acids is 1. The van der Waals surface area contributed by atoms with Gasteiger partial charge in [0.2, 0.25) is 5.91 Å². The van der Waals surface area contributed by atoms with Crippen molar-refractivity contribution >= 4 is 5.91 Å². The van der Waals surface area contributed by atoms with Gasteiger partial charge in [-0.05, 0) is 6.42 Å². The predicted octanol–water partition coefficient (Wildman–Crippen LogP) is 0.296. The second kappa shape index (κ2) is 14.7. The highest BCUT2D eigenvalue weighted by Crippen LogP contribution is 1.99. The number of nitrogens with one attached hydrogen (secondary N) is 2.